The maximum Gasteiger partial charge on any atom is 0.129 e. The number of nitrogen functional groups attached to an aromatic ring is 1. The number of aromatic nitrogens is 1. The molecule has 1 aromatic heterocycles. The Kier molecular flexibility index (Phi) is 3.22. The summed E-state index contributed by atoms with van der Waals surface area (Å²) in [6.45, 7) is 11.6. The monoisotopic (exact) mass is 207 g/mol. The third-order valence-electron chi connectivity index (χ3n) is 2.51. The highest BCUT2D eigenvalue weighted by atomic mass is 15.2. The SMILES string of the molecule is CCN(c1ccc(N)c(C)n1)C(C)(C)C. The van der Waals surface area contributed by atoms with E-state index in [4.69, 9.17) is 5.73 Å². The second-order valence-electron chi connectivity index (χ2n) is 4.76. The van der Waals surface area contributed by atoms with Gasteiger partial charge in [-0.05, 0) is 46.8 Å². The molecule has 0 saturated heterocycles. The fourth-order valence-electron chi connectivity index (χ4n) is 1.69. The number of nitrogens with two attached hydrogens (primary N) is 1. The summed E-state index contributed by atoms with van der Waals surface area (Å²) in [5.41, 5.74) is 7.50. The molecule has 1 aromatic rings. The molecule has 0 saturated carbocycles. The lowest BCUT2D eigenvalue weighted by Gasteiger charge is -2.36. The molecule has 0 aliphatic carbocycles. The van der Waals surface area contributed by atoms with E-state index in [1.807, 2.05) is 19.1 Å². The van der Waals surface area contributed by atoms with Crippen molar-refractivity contribution in [3.63, 3.8) is 0 Å². The van der Waals surface area contributed by atoms with E-state index >= 15 is 0 Å². The predicted octanol–water partition coefficient (Wildman–Crippen LogP) is 2.60. The zero-order valence-corrected chi connectivity index (χ0v) is 10.3. The first-order chi connectivity index (χ1) is 6.86. The zero-order valence-electron chi connectivity index (χ0n) is 10.3. The summed E-state index contributed by atoms with van der Waals surface area (Å²) < 4.78 is 0. The Morgan fingerprint density at radius 3 is 2.33 bits per heavy atom. The van der Waals surface area contributed by atoms with Gasteiger partial charge in [0.25, 0.3) is 0 Å². The Labute approximate surface area is 92.3 Å². The van der Waals surface area contributed by atoms with E-state index in [9.17, 15) is 0 Å². The van der Waals surface area contributed by atoms with Crippen LogP contribution in [0.1, 0.15) is 33.4 Å². The fourth-order valence-corrected chi connectivity index (χ4v) is 1.69. The van der Waals surface area contributed by atoms with Gasteiger partial charge in [-0.25, -0.2) is 4.98 Å². The van der Waals surface area contributed by atoms with Gasteiger partial charge in [-0.15, -0.1) is 0 Å². The van der Waals surface area contributed by atoms with E-state index in [1.54, 1.807) is 0 Å². The molecule has 3 heteroatoms. The smallest absolute Gasteiger partial charge is 0.129 e. The lowest BCUT2D eigenvalue weighted by atomic mass is 10.1. The maximum atomic E-state index is 5.76. The van der Waals surface area contributed by atoms with Crippen molar-refractivity contribution in [1.82, 2.24) is 4.98 Å². The van der Waals surface area contributed by atoms with Crippen LogP contribution in [0.2, 0.25) is 0 Å². The molecule has 2 N–H and O–H groups in total. The third kappa shape index (κ3) is 2.61. The molecule has 0 fully saturated rings. The Balaban J connectivity index is 3.08. The van der Waals surface area contributed by atoms with Crippen LogP contribution >= 0.6 is 0 Å². The third-order valence-corrected chi connectivity index (χ3v) is 2.51. The summed E-state index contributed by atoms with van der Waals surface area (Å²) in [5, 5.41) is 0. The van der Waals surface area contributed by atoms with Crippen molar-refractivity contribution in [2.75, 3.05) is 17.2 Å². The molecule has 0 amide bonds. The van der Waals surface area contributed by atoms with Gasteiger partial charge in [-0.2, -0.15) is 0 Å². The summed E-state index contributed by atoms with van der Waals surface area (Å²) in [4.78, 5) is 6.77. The van der Waals surface area contributed by atoms with E-state index in [0.717, 1.165) is 23.7 Å². The molecule has 0 spiro atoms. The van der Waals surface area contributed by atoms with Crippen molar-refractivity contribution in [1.29, 1.82) is 0 Å². The van der Waals surface area contributed by atoms with Gasteiger partial charge in [0, 0.05) is 12.1 Å². The minimum absolute atomic E-state index is 0.0876. The lowest BCUT2D eigenvalue weighted by Crippen LogP contribution is -2.41. The first-order valence-electron chi connectivity index (χ1n) is 5.37. The number of rotatable bonds is 2. The zero-order chi connectivity index (χ0) is 11.6. The van der Waals surface area contributed by atoms with Crippen molar-refractivity contribution in [2.24, 2.45) is 0 Å². The predicted molar refractivity (Wildman–Crippen MR) is 66.2 cm³/mol. The summed E-state index contributed by atoms with van der Waals surface area (Å²) in [6, 6.07) is 3.91. The van der Waals surface area contributed by atoms with Crippen molar-refractivity contribution >= 4 is 11.5 Å². The minimum atomic E-state index is 0.0876. The first kappa shape index (κ1) is 11.8. The average molecular weight is 207 g/mol. The van der Waals surface area contributed by atoms with E-state index in [2.05, 4.69) is 37.6 Å². The Bertz CT molecular complexity index is 339. The normalized spacial score (nSPS) is 11.5. The topological polar surface area (TPSA) is 42.1 Å². The van der Waals surface area contributed by atoms with Gasteiger partial charge < -0.3 is 10.6 Å². The second kappa shape index (κ2) is 4.09. The summed E-state index contributed by atoms with van der Waals surface area (Å²) >= 11 is 0. The van der Waals surface area contributed by atoms with Gasteiger partial charge in [0.05, 0.1) is 11.4 Å². The van der Waals surface area contributed by atoms with Gasteiger partial charge in [0.15, 0.2) is 0 Å². The number of hydrogen-bond donors (Lipinski definition) is 1. The number of pyridine rings is 1. The van der Waals surface area contributed by atoms with Crippen molar-refractivity contribution in [2.45, 2.75) is 40.2 Å². The van der Waals surface area contributed by atoms with Crippen LogP contribution in [0, 0.1) is 6.92 Å². The summed E-state index contributed by atoms with van der Waals surface area (Å²) in [5.74, 6) is 0.997. The van der Waals surface area contributed by atoms with Crippen LogP contribution < -0.4 is 10.6 Å². The quantitative estimate of drug-likeness (QED) is 0.810. The van der Waals surface area contributed by atoms with E-state index in [0.29, 0.717) is 0 Å². The first-order valence-corrected chi connectivity index (χ1v) is 5.37. The Morgan fingerprint density at radius 2 is 1.93 bits per heavy atom. The van der Waals surface area contributed by atoms with Gasteiger partial charge in [0.2, 0.25) is 0 Å². The van der Waals surface area contributed by atoms with Crippen LogP contribution in [0.3, 0.4) is 0 Å². The molecule has 84 valence electrons. The average Bonchev–Trinajstić information content (AvgIpc) is 2.10. The number of aryl methyl sites for hydroxylation is 1. The van der Waals surface area contributed by atoms with E-state index < -0.39 is 0 Å². The lowest BCUT2D eigenvalue weighted by molar-refractivity contribution is 0.508. The fraction of sp³-hybridized carbons (Fsp3) is 0.583. The molecule has 0 radical (unpaired) electrons. The molecule has 0 aliphatic heterocycles. The van der Waals surface area contributed by atoms with Crippen LogP contribution in [0.5, 0.6) is 0 Å². The highest BCUT2D eigenvalue weighted by Crippen LogP contribution is 2.23. The standard InChI is InChI=1S/C12H21N3/c1-6-15(12(3,4)5)11-8-7-10(13)9(2)14-11/h7-8H,6,13H2,1-5H3. The second-order valence-corrected chi connectivity index (χ2v) is 4.76. The van der Waals surface area contributed by atoms with Crippen molar-refractivity contribution in [3.05, 3.63) is 17.8 Å². The molecule has 0 atom stereocenters. The van der Waals surface area contributed by atoms with Crippen LogP contribution in [-0.2, 0) is 0 Å². The summed E-state index contributed by atoms with van der Waals surface area (Å²) in [7, 11) is 0. The molecule has 1 rings (SSSR count). The van der Waals surface area contributed by atoms with Crippen LogP contribution in [0.15, 0.2) is 12.1 Å². The summed E-state index contributed by atoms with van der Waals surface area (Å²) in [6.07, 6.45) is 0. The Hall–Kier alpha value is -1.25. The van der Waals surface area contributed by atoms with Gasteiger partial charge in [-0.1, -0.05) is 0 Å². The molecule has 0 unspecified atom stereocenters. The van der Waals surface area contributed by atoms with E-state index in [-0.39, 0.29) is 5.54 Å². The van der Waals surface area contributed by atoms with Crippen molar-refractivity contribution < 1.29 is 0 Å². The Morgan fingerprint density at radius 1 is 1.33 bits per heavy atom. The number of nitrogens with zero attached hydrogens (tertiary/aromatic N) is 2. The number of hydrogen-bond acceptors (Lipinski definition) is 3. The minimum Gasteiger partial charge on any atom is -0.397 e. The van der Waals surface area contributed by atoms with E-state index in [1.165, 1.54) is 0 Å². The van der Waals surface area contributed by atoms with Gasteiger partial charge in [0.1, 0.15) is 5.82 Å². The highest BCUT2D eigenvalue weighted by Gasteiger charge is 2.21. The molecular formula is C12H21N3. The largest absolute Gasteiger partial charge is 0.397 e. The molecule has 1 heterocycles. The van der Waals surface area contributed by atoms with Gasteiger partial charge in [-0.3, -0.25) is 0 Å². The molecule has 0 aliphatic rings. The van der Waals surface area contributed by atoms with Gasteiger partial charge >= 0.3 is 0 Å². The maximum absolute atomic E-state index is 5.76. The molecule has 0 bridgehead atoms. The van der Waals surface area contributed by atoms with Crippen LogP contribution in [0.25, 0.3) is 0 Å². The molecule has 3 nitrogen and oxygen atoms in total. The number of anilines is 2. The van der Waals surface area contributed by atoms with Crippen molar-refractivity contribution in [3.8, 4) is 0 Å². The van der Waals surface area contributed by atoms with Crippen LogP contribution in [0.4, 0.5) is 11.5 Å². The molecule has 0 aromatic carbocycles. The van der Waals surface area contributed by atoms with Crippen LogP contribution in [-0.4, -0.2) is 17.1 Å². The molecular weight excluding hydrogens is 186 g/mol. The highest BCUT2D eigenvalue weighted by molar-refractivity contribution is 5.51. The molecule has 15 heavy (non-hydrogen) atoms.